The van der Waals surface area contributed by atoms with Crippen LogP contribution in [0.15, 0.2) is 29.4 Å². The molecule has 1 N–H and O–H groups in total. The van der Waals surface area contributed by atoms with Crippen molar-refractivity contribution in [2.24, 2.45) is 0 Å². The molecule has 1 aromatic heterocycles. The number of anilines is 2. The zero-order chi connectivity index (χ0) is 16.9. The highest BCUT2D eigenvalue weighted by Gasteiger charge is 2.20. The van der Waals surface area contributed by atoms with E-state index in [1.54, 1.807) is 12.1 Å². The van der Waals surface area contributed by atoms with Gasteiger partial charge in [0.25, 0.3) is 0 Å². The predicted molar refractivity (Wildman–Crippen MR) is 87.7 cm³/mol. The molecule has 1 aromatic carbocycles. The molecular formula is C16H14N4O3S. The number of carbonyl (C=O) groups excluding carboxylic acids is 1. The van der Waals surface area contributed by atoms with E-state index in [4.69, 9.17) is 10.00 Å². The summed E-state index contributed by atoms with van der Waals surface area (Å²) in [6.07, 6.45) is 0. The number of fused-ring (bicyclic) bond motifs is 1. The molecule has 0 bridgehead atoms. The lowest BCUT2D eigenvalue weighted by Gasteiger charge is -2.11. The van der Waals surface area contributed by atoms with Crippen LogP contribution in [0.25, 0.3) is 0 Å². The highest BCUT2D eigenvalue weighted by Crippen LogP contribution is 2.29. The van der Waals surface area contributed by atoms with Crippen LogP contribution in [0.4, 0.5) is 11.5 Å². The number of carbonyl (C=O) groups is 1. The molecule has 2 aromatic rings. The van der Waals surface area contributed by atoms with Crippen molar-refractivity contribution in [3.05, 3.63) is 41.1 Å². The van der Waals surface area contributed by atoms with E-state index in [-0.39, 0.29) is 11.7 Å². The predicted octanol–water partition coefficient (Wildman–Crippen LogP) is 2.39. The number of methoxy groups -OCH3 is 1. The van der Waals surface area contributed by atoms with Crippen LogP contribution in [-0.4, -0.2) is 28.8 Å². The summed E-state index contributed by atoms with van der Waals surface area (Å²) in [6.45, 7) is 0.863. The SMILES string of the molecule is COC(=O)CSc1nc2c(c(Nc3ccc(C#N)cc3)n1)COC2. The van der Waals surface area contributed by atoms with Crippen LogP contribution in [0.2, 0.25) is 0 Å². The Hall–Kier alpha value is -2.63. The normalized spacial score (nSPS) is 12.3. The lowest BCUT2D eigenvalue weighted by molar-refractivity contribution is -0.137. The van der Waals surface area contributed by atoms with E-state index in [1.807, 2.05) is 12.1 Å². The summed E-state index contributed by atoms with van der Waals surface area (Å²) in [5.74, 6) is 0.462. The molecule has 1 aliphatic heterocycles. The third-order valence-corrected chi connectivity index (χ3v) is 4.20. The topological polar surface area (TPSA) is 97.1 Å². The Morgan fingerprint density at radius 2 is 2.17 bits per heavy atom. The number of rotatable bonds is 5. The summed E-state index contributed by atoms with van der Waals surface area (Å²) in [5.41, 5.74) is 3.12. The number of thioether (sulfide) groups is 1. The molecule has 24 heavy (non-hydrogen) atoms. The first-order chi connectivity index (χ1) is 11.7. The Bertz CT molecular complexity index is 802. The van der Waals surface area contributed by atoms with Crippen molar-refractivity contribution in [2.45, 2.75) is 18.4 Å². The van der Waals surface area contributed by atoms with Crippen molar-refractivity contribution in [1.29, 1.82) is 5.26 Å². The maximum Gasteiger partial charge on any atom is 0.316 e. The minimum Gasteiger partial charge on any atom is -0.468 e. The monoisotopic (exact) mass is 342 g/mol. The Balaban J connectivity index is 1.84. The van der Waals surface area contributed by atoms with Crippen LogP contribution in [0.1, 0.15) is 16.8 Å². The molecule has 0 spiro atoms. The zero-order valence-corrected chi connectivity index (χ0v) is 13.7. The van der Waals surface area contributed by atoms with Crippen molar-refractivity contribution in [3.8, 4) is 6.07 Å². The molecule has 0 radical (unpaired) electrons. The van der Waals surface area contributed by atoms with Crippen molar-refractivity contribution < 1.29 is 14.3 Å². The number of nitrogens with one attached hydrogen (secondary N) is 1. The van der Waals surface area contributed by atoms with Crippen molar-refractivity contribution >= 4 is 29.2 Å². The van der Waals surface area contributed by atoms with Gasteiger partial charge in [0, 0.05) is 11.3 Å². The number of nitriles is 1. The molecule has 3 rings (SSSR count). The molecule has 0 aliphatic carbocycles. The molecular weight excluding hydrogens is 328 g/mol. The quantitative estimate of drug-likeness (QED) is 0.502. The highest BCUT2D eigenvalue weighted by molar-refractivity contribution is 7.99. The van der Waals surface area contributed by atoms with E-state index in [2.05, 4.69) is 26.1 Å². The Kier molecular flexibility index (Phi) is 4.93. The Morgan fingerprint density at radius 3 is 2.88 bits per heavy atom. The average molecular weight is 342 g/mol. The van der Waals surface area contributed by atoms with Gasteiger partial charge >= 0.3 is 5.97 Å². The molecule has 0 atom stereocenters. The number of hydrogen-bond donors (Lipinski definition) is 1. The number of ether oxygens (including phenoxy) is 2. The van der Waals surface area contributed by atoms with Gasteiger partial charge in [0.2, 0.25) is 0 Å². The second-order valence-corrected chi connectivity index (χ2v) is 5.89. The fourth-order valence-electron chi connectivity index (χ4n) is 2.14. The number of benzene rings is 1. The average Bonchev–Trinajstić information content (AvgIpc) is 3.09. The Labute approximate surface area is 143 Å². The van der Waals surface area contributed by atoms with Crippen molar-refractivity contribution in [3.63, 3.8) is 0 Å². The van der Waals surface area contributed by atoms with Gasteiger partial charge in [-0.3, -0.25) is 4.79 Å². The molecule has 0 fully saturated rings. The molecule has 2 heterocycles. The lowest BCUT2D eigenvalue weighted by Crippen LogP contribution is -2.06. The van der Waals surface area contributed by atoms with Crippen LogP contribution in [0, 0.1) is 11.3 Å². The number of hydrogen-bond acceptors (Lipinski definition) is 8. The number of nitrogens with zero attached hydrogens (tertiary/aromatic N) is 3. The van der Waals surface area contributed by atoms with Crippen molar-refractivity contribution in [1.82, 2.24) is 9.97 Å². The first kappa shape index (κ1) is 16.2. The van der Waals surface area contributed by atoms with E-state index in [1.165, 1.54) is 18.9 Å². The van der Waals surface area contributed by atoms with Gasteiger partial charge in [0.1, 0.15) is 5.82 Å². The summed E-state index contributed by atoms with van der Waals surface area (Å²) < 4.78 is 10.1. The largest absolute Gasteiger partial charge is 0.468 e. The summed E-state index contributed by atoms with van der Waals surface area (Å²) >= 11 is 1.21. The second kappa shape index (κ2) is 7.29. The second-order valence-electron chi connectivity index (χ2n) is 4.95. The van der Waals surface area contributed by atoms with Crippen LogP contribution in [0.5, 0.6) is 0 Å². The van der Waals surface area contributed by atoms with Gasteiger partial charge in [-0.25, -0.2) is 9.97 Å². The standard InChI is InChI=1S/C16H14N4O3S/c1-22-14(21)9-24-16-19-13-8-23-7-12(13)15(20-16)18-11-4-2-10(6-17)3-5-11/h2-5H,7-9H2,1H3,(H,18,19,20). The van der Waals surface area contributed by atoms with Gasteiger partial charge in [0.05, 0.1) is 43.4 Å². The highest BCUT2D eigenvalue weighted by atomic mass is 32.2. The summed E-state index contributed by atoms with van der Waals surface area (Å²) in [5, 5.41) is 12.6. The fourth-order valence-corrected chi connectivity index (χ4v) is 2.84. The molecule has 0 amide bonds. The Morgan fingerprint density at radius 1 is 1.38 bits per heavy atom. The zero-order valence-electron chi connectivity index (χ0n) is 12.9. The smallest absolute Gasteiger partial charge is 0.316 e. The summed E-state index contributed by atoms with van der Waals surface area (Å²) in [7, 11) is 1.35. The molecule has 1 aliphatic rings. The van der Waals surface area contributed by atoms with Gasteiger partial charge in [-0.05, 0) is 24.3 Å². The van der Waals surface area contributed by atoms with E-state index < -0.39 is 0 Å². The van der Waals surface area contributed by atoms with Gasteiger partial charge in [-0.2, -0.15) is 5.26 Å². The van der Waals surface area contributed by atoms with E-state index in [0.29, 0.717) is 29.8 Å². The maximum atomic E-state index is 11.3. The van der Waals surface area contributed by atoms with Crippen LogP contribution >= 0.6 is 11.8 Å². The molecule has 0 saturated heterocycles. The van der Waals surface area contributed by atoms with Crippen LogP contribution in [-0.2, 0) is 27.5 Å². The van der Waals surface area contributed by atoms with E-state index in [0.717, 1.165) is 16.9 Å². The van der Waals surface area contributed by atoms with Crippen LogP contribution in [0.3, 0.4) is 0 Å². The summed E-state index contributed by atoms with van der Waals surface area (Å²) in [4.78, 5) is 20.2. The molecule has 0 saturated carbocycles. The molecule has 0 unspecified atom stereocenters. The molecule has 8 heteroatoms. The van der Waals surface area contributed by atoms with Crippen molar-refractivity contribution in [2.75, 3.05) is 18.2 Å². The third kappa shape index (κ3) is 3.64. The van der Waals surface area contributed by atoms with Gasteiger partial charge in [0.15, 0.2) is 5.16 Å². The maximum absolute atomic E-state index is 11.3. The molecule has 122 valence electrons. The van der Waals surface area contributed by atoms with E-state index >= 15 is 0 Å². The minimum atomic E-state index is -0.332. The number of aromatic nitrogens is 2. The van der Waals surface area contributed by atoms with Gasteiger partial charge < -0.3 is 14.8 Å². The molecule has 7 nitrogen and oxygen atoms in total. The third-order valence-electron chi connectivity index (χ3n) is 3.38. The number of esters is 1. The lowest BCUT2D eigenvalue weighted by atomic mass is 10.2. The van der Waals surface area contributed by atoms with Gasteiger partial charge in [-0.15, -0.1) is 0 Å². The fraction of sp³-hybridized carbons (Fsp3) is 0.250. The summed E-state index contributed by atoms with van der Waals surface area (Å²) in [6, 6.07) is 9.16. The van der Waals surface area contributed by atoms with Gasteiger partial charge in [-0.1, -0.05) is 11.8 Å². The first-order valence-corrected chi connectivity index (χ1v) is 8.12. The van der Waals surface area contributed by atoms with E-state index in [9.17, 15) is 4.79 Å². The van der Waals surface area contributed by atoms with Crippen LogP contribution < -0.4 is 5.32 Å². The minimum absolute atomic E-state index is 0.145. The first-order valence-electron chi connectivity index (χ1n) is 7.14.